The van der Waals surface area contributed by atoms with Gasteiger partial charge in [-0.2, -0.15) is 0 Å². The van der Waals surface area contributed by atoms with E-state index >= 15 is 0 Å². The Morgan fingerprint density at radius 3 is 2.19 bits per heavy atom. The van der Waals surface area contributed by atoms with Crippen molar-refractivity contribution in [1.82, 2.24) is 4.90 Å². The Labute approximate surface area is 129 Å². The van der Waals surface area contributed by atoms with Gasteiger partial charge in [-0.25, -0.2) is 0 Å². The maximum absolute atomic E-state index is 12.5. The molecule has 1 atom stereocenters. The van der Waals surface area contributed by atoms with E-state index in [4.69, 9.17) is 4.74 Å². The van der Waals surface area contributed by atoms with Gasteiger partial charge in [-0.1, -0.05) is 65.0 Å². The minimum Gasteiger partial charge on any atom is -0.464 e. The van der Waals surface area contributed by atoms with Gasteiger partial charge in [0.05, 0.1) is 5.92 Å². The van der Waals surface area contributed by atoms with Crippen LogP contribution in [-0.4, -0.2) is 37.1 Å². The first kappa shape index (κ1) is 17.7. The van der Waals surface area contributed by atoms with Crippen molar-refractivity contribution in [2.45, 2.75) is 40.5 Å². The quantitative estimate of drug-likeness (QED) is 0.717. The van der Waals surface area contributed by atoms with Crippen LogP contribution in [0.4, 0.5) is 0 Å². The van der Waals surface area contributed by atoms with Crippen LogP contribution in [0.15, 0.2) is 30.3 Å². The highest BCUT2D eigenvalue weighted by Gasteiger charge is 2.33. The number of carbonyl (C=O) groups is 1. The second kappa shape index (κ2) is 8.18. The number of benzene rings is 1. The van der Waals surface area contributed by atoms with Gasteiger partial charge in [0.25, 0.3) is 0 Å². The molecule has 118 valence electrons. The number of likely N-dealkylation sites (N-methyl/N-ethyl adjacent to an activating group) is 1. The Morgan fingerprint density at radius 2 is 1.71 bits per heavy atom. The monoisotopic (exact) mass is 291 g/mol. The van der Waals surface area contributed by atoms with Crippen molar-refractivity contribution in [2.75, 3.05) is 26.2 Å². The molecule has 0 radical (unpaired) electrons. The van der Waals surface area contributed by atoms with Gasteiger partial charge >= 0.3 is 5.97 Å². The molecule has 0 aromatic heterocycles. The molecule has 0 aliphatic carbocycles. The van der Waals surface area contributed by atoms with Crippen LogP contribution in [0.1, 0.15) is 46.1 Å². The summed E-state index contributed by atoms with van der Waals surface area (Å²) < 4.78 is 5.54. The molecule has 0 heterocycles. The summed E-state index contributed by atoms with van der Waals surface area (Å²) in [4.78, 5) is 14.8. The smallest absolute Gasteiger partial charge is 0.313 e. The molecule has 0 saturated heterocycles. The first-order valence-electron chi connectivity index (χ1n) is 7.84. The van der Waals surface area contributed by atoms with Gasteiger partial charge in [0.15, 0.2) is 0 Å². The average molecular weight is 291 g/mol. The van der Waals surface area contributed by atoms with E-state index in [-0.39, 0.29) is 17.3 Å². The summed E-state index contributed by atoms with van der Waals surface area (Å²) in [5.41, 5.74) is 0.867. The van der Waals surface area contributed by atoms with Crippen molar-refractivity contribution in [2.24, 2.45) is 5.41 Å². The molecule has 0 fully saturated rings. The Kier molecular flexibility index (Phi) is 6.90. The highest BCUT2D eigenvalue weighted by molar-refractivity contribution is 5.79. The second-order valence-corrected chi connectivity index (χ2v) is 6.40. The van der Waals surface area contributed by atoms with E-state index in [0.29, 0.717) is 6.61 Å². The van der Waals surface area contributed by atoms with Crippen molar-refractivity contribution in [3.05, 3.63) is 35.9 Å². The number of carbonyl (C=O) groups excluding carboxylic acids is 1. The van der Waals surface area contributed by atoms with Crippen LogP contribution < -0.4 is 0 Å². The molecular formula is C18H29NO2. The molecule has 0 bridgehead atoms. The molecule has 21 heavy (non-hydrogen) atoms. The largest absolute Gasteiger partial charge is 0.464 e. The van der Waals surface area contributed by atoms with Crippen LogP contribution in [0.5, 0.6) is 0 Å². The molecule has 1 rings (SSSR count). The summed E-state index contributed by atoms with van der Waals surface area (Å²) in [5, 5.41) is 0. The van der Waals surface area contributed by atoms with Crippen molar-refractivity contribution in [1.29, 1.82) is 0 Å². The molecule has 0 amide bonds. The second-order valence-electron chi connectivity index (χ2n) is 6.40. The van der Waals surface area contributed by atoms with Gasteiger partial charge < -0.3 is 9.64 Å². The molecular weight excluding hydrogens is 262 g/mol. The summed E-state index contributed by atoms with van der Waals surface area (Å²) in [6.07, 6.45) is 0. The van der Waals surface area contributed by atoms with Gasteiger partial charge in [-0.3, -0.25) is 4.79 Å². The van der Waals surface area contributed by atoms with Gasteiger partial charge in [-0.15, -0.1) is 0 Å². The highest BCUT2D eigenvalue weighted by Crippen LogP contribution is 2.35. The predicted molar refractivity (Wildman–Crippen MR) is 87.4 cm³/mol. The van der Waals surface area contributed by atoms with Crippen LogP contribution in [-0.2, 0) is 9.53 Å². The third kappa shape index (κ3) is 5.50. The first-order valence-corrected chi connectivity index (χ1v) is 7.84. The fraction of sp³-hybridized carbons (Fsp3) is 0.611. The van der Waals surface area contributed by atoms with E-state index < -0.39 is 0 Å². The lowest BCUT2D eigenvalue weighted by Gasteiger charge is -2.29. The fourth-order valence-corrected chi connectivity index (χ4v) is 2.53. The first-order chi connectivity index (χ1) is 9.90. The maximum Gasteiger partial charge on any atom is 0.313 e. The molecule has 0 aliphatic rings. The van der Waals surface area contributed by atoms with Crippen molar-refractivity contribution in [3.8, 4) is 0 Å². The zero-order valence-electron chi connectivity index (χ0n) is 14.1. The van der Waals surface area contributed by atoms with Gasteiger partial charge in [0.2, 0.25) is 0 Å². The van der Waals surface area contributed by atoms with Gasteiger partial charge in [-0.05, 0) is 24.1 Å². The summed E-state index contributed by atoms with van der Waals surface area (Å²) in [7, 11) is 0. The maximum atomic E-state index is 12.5. The third-order valence-corrected chi connectivity index (χ3v) is 3.78. The zero-order valence-corrected chi connectivity index (χ0v) is 14.1. The summed E-state index contributed by atoms with van der Waals surface area (Å²) in [6.45, 7) is 13.7. The lowest BCUT2D eigenvalue weighted by atomic mass is 9.76. The van der Waals surface area contributed by atoms with Crippen molar-refractivity contribution in [3.63, 3.8) is 0 Å². The minimum absolute atomic E-state index is 0.124. The van der Waals surface area contributed by atoms with E-state index in [2.05, 4.69) is 39.5 Å². The molecule has 3 nitrogen and oxygen atoms in total. The van der Waals surface area contributed by atoms with E-state index in [1.807, 2.05) is 30.3 Å². The van der Waals surface area contributed by atoms with Crippen molar-refractivity contribution >= 4 is 5.97 Å². The number of hydrogen-bond donors (Lipinski definition) is 0. The van der Waals surface area contributed by atoms with Crippen molar-refractivity contribution < 1.29 is 9.53 Å². The summed E-state index contributed by atoms with van der Waals surface area (Å²) >= 11 is 0. The topological polar surface area (TPSA) is 29.5 Å². The number of ether oxygens (including phenoxy) is 1. The zero-order chi connectivity index (χ0) is 15.9. The van der Waals surface area contributed by atoms with Crippen LogP contribution in [0.2, 0.25) is 0 Å². The molecule has 0 N–H and O–H groups in total. The lowest BCUT2D eigenvalue weighted by molar-refractivity contribution is -0.148. The number of hydrogen-bond acceptors (Lipinski definition) is 3. The van der Waals surface area contributed by atoms with Crippen LogP contribution >= 0.6 is 0 Å². The number of esters is 1. The summed E-state index contributed by atoms with van der Waals surface area (Å²) in [5.74, 6) is -0.351. The van der Waals surface area contributed by atoms with E-state index in [1.165, 1.54) is 0 Å². The molecule has 0 aliphatic heterocycles. The lowest BCUT2D eigenvalue weighted by Crippen LogP contribution is -2.32. The number of nitrogens with zero attached hydrogens (tertiary/aromatic N) is 1. The Morgan fingerprint density at radius 1 is 1.14 bits per heavy atom. The molecule has 0 spiro atoms. The highest BCUT2D eigenvalue weighted by atomic mass is 16.5. The predicted octanol–water partition coefficient (Wildman–Crippen LogP) is 3.70. The third-order valence-electron chi connectivity index (χ3n) is 3.78. The Bertz CT molecular complexity index is 419. The molecule has 1 aromatic rings. The molecule has 1 unspecified atom stereocenters. The fourth-order valence-electron chi connectivity index (χ4n) is 2.53. The van der Waals surface area contributed by atoms with Gasteiger partial charge in [0, 0.05) is 6.54 Å². The Balaban J connectivity index is 2.70. The Hall–Kier alpha value is -1.35. The molecule has 3 heteroatoms. The van der Waals surface area contributed by atoms with Crippen LogP contribution in [0.3, 0.4) is 0 Å². The van der Waals surface area contributed by atoms with Crippen LogP contribution in [0, 0.1) is 5.41 Å². The summed E-state index contributed by atoms with van der Waals surface area (Å²) in [6, 6.07) is 9.91. The average Bonchev–Trinajstić information content (AvgIpc) is 2.43. The molecule has 0 saturated carbocycles. The van der Waals surface area contributed by atoms with Crippen LogP contribution in [0.25, 0.3) is 0 Å². The van der Waals surface area contributed by atoms with E-state index in [9.17, 15) is 4.79 Å². The normalized spacial score (nSPS) is 13.2. The minimum atomic E-state index is -0.226. The molecule has 1 aromatic carbocycles. The van der Waals surface area contributed by atoms with E-state index in [0.717, 1.165) is 25.2 Å². The van der Waals surface area contributed by atoms with Gasteiger partial charge in [0.1, 0.15) is 6.61 Å². The van der Waals surface area contributed by atoms with E-state index in [1.54, 1.807) is 0 Å². The SMILES string of the molecule is CCN(CC)CCOC(=O)C(c1ccccc1)C(C)(C)C. The number of rotatable bonds is 7. The standard InChI is InChI=1S/C18H29NO2/c1-6-19(7-2)13-14-21-17(20)16(18(3,4)5)15-11-9-8-10-12-15/h8-12,16H,6-7,13-14H2,1-5H3.